The average molecular weight is 572 g/mol. The van der Waals surface area contributed by atoms with Crippen LogP contribution in [0.4, 0.5) is 0 Å². The van der Waals surface area contributed by atoms with Crippen LogP contribution in [0.5, 0.6) is 0 Å². The van der Waals surface area contributed by atoms with Gasteiger partial charge >= 0.3 is 0 Å². The number of hydrogen-bond acceptors (Lipinski definition) is 3. The number of ether oxygens (including phenoxy) is 2. The summed E-state index contributed by atoms with van der Waals surface area (Å²) in [4.78, 5) is 2.22. The maximum Gasteiger partial charge on any atom is 0.168 e. The van der Waals surface area contributed by atoms with Gasteiger partial charge in [-0.05, 0) is 91.1 Å². The Morgan fingerprint density at radius 1 is 0.561 bits per heavy atom. The highest BCUT2D eigenvalue weighted by atomic mass is 16.7. The van der Waals surface area contributed by atoms with Gasteiger partial charge < -0.3 is 14.4 Å². The summed E-state index contributed by atoms with van der Waals surface area (Å²) in [6.45, 7) is 6.22. The van der Waals surface area contributed by atoms with E-state index in [0.29, 0.717) is 0 Å². The Bertz CT molecular complexity index is 634. The summed E-state index contributed by atoms with van der Waals surface area (Å²) in [7, 11) is 4.25. The summed E-state index contributed by atoms with van der Waals surface area (Å²) in [5.41, 5.74) is 0. The smallest absolute Gasteiger partial charge is 0.168 e. The van der Waals surface area contributed by atoms with E-state index in [0.717, 1.165) is 38.8 Å². The Hall–Kier alpha value is -1.16. The molecule has 0 amide bonds. The van der Waals surface area contributed by atoms with Crippen LogP contribution in [0.25, 0.3) is 0 Å². The molecule has 1 atom stereocenters. The molecular weight excluding hydrogens is 502 g/mol. The predicted molar refractivity (Wildman–Crippen MR) is 182 cm³/mol. The van der Waals surface area contributed by atoms with Gasteiger partial charge in [0.05, 0.1) is 12.7 Å². The van der Waals surface area contributed by atoms with E-state index in [9.17, 15) is 0 Å². The molecule has 0 bridgehead atoms. The lowest BCUT2D eigenvalue weighted by Crippen LogP contribution is -2.33. The van der Waals surface area contributed by atoms with Gasteiger partial charge in [0.2, 0.25) is 0 Å². The second kappa shape index (κ2) is 27.7. The van der Waals surface area contributed by atoms with Crippen LogP contribution in [-0.2, 0) is 9.47 Å². The topological polar surface area (TPSA) is 21.7 Å². The lowest BCUT2D eigenvalue weighted by molar-refractivity contribution is -0.180. The van der Waals surface area contributed by atoms with Crippen LogP contribution in [0.1, 0.15) is 155 Å². The van der Waals surface area contributed by atoms with Gasteiger partial charge in [0.1, 0.15) is 0 Å². The molecule has 0 radical (unpaired) electrons. The third kappa shape index (κ3) is 23.0. The van der Waals surface area contributed by atoms with Gasteiger partial charge in [-0.25, -0.2) is 0 Å². The first-order valence-electron chi connectivity index (χ1n) is 17.7. The lowest BCUT2D eigenvalue weighted by atomic mass is 9.99. The maximum atomic E-state index is 6.59. The molecular formula is C38H69NO2. The molecule has 0 N–H and O–H groups in total. The highest BCUT2D eigenvalue weighted by Crippen LogP contribution is 2.34. The van der Waals surface area contributed by atoms with E-state index in [-0.39, 0.29) is 11.9 Å². The van der Waals surface area contributed by atoms with Crippen LogP contribution in [0.3, 0.4) is 0 Å². The van der Waals surface area contributed by atoms with Gasteiger partial charge in [0.15, 0.2) is 5.79 Å². The quantitative estimate of drug-likeness (QED) is 0.0688. The molecule has 0 aliphatic carbocycles. The zero-order valence-corrected chi connectivity index (χ0v) is 27.9. The molecule has 3 heteroatoms. The van der Waals surface area contributed by atoms with Crippen molar-refractivity contribution in [1.29, 1.82) is 0 Å². The second-order valence-electron chi connectivity index (χ2n) is 12.5. The second-order valence-corrected chi connectivity index (χ2v) is 12.5. The third-order valence-electron chi connectivity index (χ3n) is 8.00. The van der Waals surface area contributed by atoms with Gasteiger partial charge in [-0.2, -0.15) is 0 Å². The van der Waals surface area contributed by atoms with Crippen molar-refractivity contribution in [2.75, 3.05) is 27.2 Å². The van der Waals surface area contributed by atoms with Gasteiger partial charge in [-0.15, -0.1) is 0 Å². The molecule has 0 aromatic carbocycles. The minimum absolute atomic E-state index is 0.210. The monoisotopic (exact) mass is 572 g/mol. The van der Waals surface area contributed by atoms with Crippen molar-refractivity contribution in [3.8, 4) is 0 Å². The van der Waals surface area contributed by atoms with Crippen LogP contribution >= 0.6 is 0 Å². The standard InChI is InChI=1S/C38H69NO2/c1-5-7-9-11-13-15-17-19-21-23-25-27-29-31-33-38(40-36-37(41-38)35-39(3)4)34-32-30-28-26-24-22-20-18-16-14-12-10-8-6-2/h13-16,19-22,37H,5-12,17-18,23-36H2,1-4H3/b15-13-,16-14-,21-19-,22-20-. The molecule has 0 aromatic rings. The normalized spacial score (nSPS) is 17.5. The zero-order valence-electron chi connectivity index (χ0n) is 27.9. The highest BCUT2D eigenvalue weighted by Gasteiger charge is 2.40. The molecule has 41 heavy (non-hydrogen) atoms. The van der Waals surface area contributed by atoms with E-state index in [2.05, 4.69) is 81.5 Å². The van der Waals surface area contributed by atoms with Crippen molar-refractivity contribution in [1.82, 2.24) is 4.90 Å². The molecule has 1 unspecified atom stereocenters. The first-order valence-corrected chi connectivity index (χ1v) is 17.7. The predicted octanol–water partition coefficient (Wildman–Crippen LogP) is 11.5. The third-order valence-corrected chi connectivity index (χ3v) is 8.00. The summed E-state index contributed by atoms with van der Waals surface area (Å²) in [5, 5.41) is 0. The van der Waals surface area contributed by atoms with E-state index in [4.69, 9.17) is 9.47 Å². The minimum Gasteiger partial charge on any atom is -0.347 e. The van der Waals surface area contributed by atoms with Gasteiger partial charge in [0.25, 0.3) is 0 Å². The molecule has 238 valence electrons. The van der Waals surface area contributed by atoms with E-state index in [1.807, 2.05) is 0 Å². The van der Waals surface area contributed by atoms with E-state index < -0.39 is 0 Å². The van der Waals surface area contributed by atoms with Gasteiger partial charge in [-0.1, -0.05) is 114 Å². The van der Waals surface area contributed by atoms with E-state index >= 15 is 0 Å². The number of likely N-dealkylation sites (N-methyl/N-ethyl adjacent to an activating group) is 1. The molecule has 3 nitrogen and oxygen atoms in total. The Balaban J connectivity index is 2.19. The molecule has 1 aliphatic rings. The average Bonchev–Trinajstić information content (AvgIpc) is 3.35. The summed E-state index contributed by atoms with van der Waals surface area (Å²) >= 11 is 0. The number of hydrogen-bond donors (Lipinski definition) is 0. The molecule has 0 spiro atoms. The van der Waals surface area contributed by atoms with Crippen LogP contribution in [0.2, 0.25) is 0 Å². The first-order chi connectivity index (χ1) is 20.1. The fourth-order valence-corrected chi connectivity index (χ4v) is 5.56. The Kier molecular flexibility index (Phi) is 25.5. The van der Waals surface area contributed by atoms with Crippen LogP contribution in [0.15, 0.2) is 48.6 Å². The Morgan fingerprint density at radius 3 is 1.39 bits per heavy atom. The molecule has 0 saturated carbocycles. The van der Waals surface area contributed by atoms with E-state index in [1.165, 1.54) is 116 Å². The maximum absolute atomic E-state index is 6.59. The fourth-order valence-electron chi connectivity index (χ4n) is 5.56. The number of unbranched alkanes of at least 4 members (excludes halogenated alkanes) is 14. The van der Waals surface area contributed by atoms with Crippen molar-refractivity contribution in [2.24, 2.45) is 0 Å². The summed E-state index contributed by atoms with van der Waals surface area (Å²) in [6.07, 6.45) is 46.3. The van der Waals surface area contributed by atoms with Crippen molar-refractivity contribution in [3.63, 3.8) is 0 Å². The summed E-state index contributed by atoms with van der Waals surface area (Å²) < 4.78 is 13.0. The number of rotatable bonds is 28. The molecule has 1 heterocycles. The van der Waals surface area contributed by atoms with Crippen LogP contribution in [-0.4, -0.2) is 44.0 Å². The highest BCUT2D eigenvalue weighted by molar-refractivity contribution is 4.93. The minimum atomic E-state index is -0.340. The van der Waals surface area contributed by atoms with Crippen molar-refractivity contribution >= 4 is 0 Å². The van der Waals surface area contributed by atoms with E-state index in [1.54, 1.807) is 0 Å². The molecule has 1 rings (SSSR count). The summed E-state index contributed by atoms with van der Waals surface area (Å²) in [6, 6.07) is 0. The number of allylic oxidation sites excluding steroid dienone is 8. The first kappa shape index (κ1) is 37.9. The van der Waals surface area contributed by atoms with Gasteiger partial charge in [-0.3, -0.25) is 0 Å². The SMILES string of the molecule is CCCCC/C=C\C/C=C\CCCCCCC1(CCCCCC/C=C\C/C=C\CCCCC)OCC(CN(C)C)O1. The number of nitrogens with zero attached hydrogens (tertiary/aromatic N) is 1. The van der Waals surface area contributed by atoms with Crippen molar-refractivity contribution in [2.45, 2.75) is 167 Å². The molecule has 0 aromatic heterocycles. The Morgan fingerprint density at radius 2 is 0.976 bits per heavy atom. The van der Waals surface area contributed by atoms with Crippen LogP contribution in [0, 0.1) is 0 Å². The molecule has 1 saturated heterocycles. The molecule has 1 fully saturated rings. The van der Waals surface area contributed by atoms with Crippen molar-refractivity contribution in [3.05, 3.63) is 48.6 Å². The Labute approximate surface area is 256 Å². The van der Waals surface area contributed by atoms with Crippen LogP contribution < -0.4 is 0 Å². The van der Waals surface area contributed by atoms with Crippen molar-refractivity contribution < 1.29 is 9.47 Å². The fraction of sp³-hybridized carbons (Fsp3) is 0.789. The van der Waals surface area contributed by atoms with Gasteiger partial charge in [0, 0.05) is 19.4 Å². The zero-order chi connectivity index (χ0) is 29.7. The lowest BCUT2D eigenvalue weighted by Gasteiger charge is -2.29. The largest absolute Gasteiger partial charge is 0.347 e. The molecule has 1 aliphatic heterocycles. The summed E-state index contributed by atoms with van der Waals surface area (Å²) in [5.74, 6) is -0.340.